The van der Waals surface area contributed by atoms with E-state index in [9.17, 15) is 0 Å². The number of hydrogen-bond donors (Lipinski definition) is 0. The molecule has 0 bridgehead atoms. The minimum absolute atomic E-state index is 0.281. The summed E-state index contributed by atoms with van der Waals surface area (Å²) in [4.78, 5) is 0. The van der Waals surface area contributed by atoms with Crippen LogP contribution < -0.4 is 0 Å². The van der Waals surface area contributed by atoms with Crippen molar-refractivity contribution in [1.82, 2.24) is 0 Å². The maximum atomic E-state index is 2.52. The Bertz CT molecular complexity index is 55.4. The Labute approximate surface area is 54.5 Å². The van der Waals surface area contributed by atoms with Crippen LogP contribution in [0.25, 0.3) is 0 Å². The zero-order valence-electron chi connectivity index (χ0n) is 5.56. The molecule has 1 saturated carbocycles. The summed E-state index contributed by atoms with van der Waals surface area (Å²) in [5.41, 5.74) is 1.05. The van der Waals surface area contributed by atoms with Crippen LogP contribution in [0, 0.1) is 12.8 Å². The first-order valence-corrected chi connectivity index (χ1v) is 5.81. The molecule has 2 radical (unpaired) electrons. The van der Waals surface area contributed by atoms with Crippen molar-refractivity contribution in [1.29, 1.82) is 0 Å². The average Bonchev–Trinajstić information content (AvgIpc) is 1.90. The highest BCUT2D eigenvalue weighted by molar-refractivity contribution is 6.36. The normalized spacial score (nSPS) is 25.1. The van der Waals surface area contributed by atoms with Crippen LogP contribution >= 0.6 is 0 Å². The summed E-state index contributed by atoms with van der Waals surface area (Å²) in [6.45, 7) is 2.40. The Kier molecular flexibility index (Phi) is 2.60. The minimum atomic E-state index is 0.281. The largest absolute Gasteiger partial charge is 0.0746 e. The van der Waals surface area contributed by atoms with Crippen molar-refractivity contribution >= 4 is 9.52 Å². The summed E-state index contributed by atoms with van der Waals surface area (Å²) in [6.07, 6.45) is 9.05. The molecule has 0 amide bonds. The molecule has 0 aromatic carbocycles. The van der Waals surface area contributed by atoms with E-state index in [-0.39, 0.29) is 9.52 Å². The molecule has 1 unspecified atom stereocenters. The number of rotatable bonds is 1. The van der Waals surface area contributed by atoms with Crippen LogP contribution in [-0.2, 0) is 0 Å². The zero-order valence-corrected chi connectivity index (χ0v) is 6.97. The monoisotopic (exact) mass is 126 g/mol. The second kappa shape index (κ2) is 3.28. The minimum Gasteiger partial charge on any atom is -0.0746 e. The molecule has 1 fully saturated rings. The highest BCUT2D eigenvalue weighted by Crippen LogP contribution is 2.25. The van der Waals surface area contributed by atoms with Gasteiger partial charge in [0, 0.05) is 9.52 Å². The smallest absolute Gasteiger partial charge is 0.0205 e. The van der Waals surface area contributed by atoms with Gasteiger partial charge in [-0.15, -0.1) is 0 Å². The highest BCUT2D eigenvalue weighted by Gasteiger charge is 2.10. The van der Waals surface area contributed by atoms with Crippen LogP contribution in [0.2, 0.25) is 12.1 Å². The summed E-state index contributed by atoms with van der Waals surface area (Å²) < 4.78 is 0. The second-order valence-electron chi connectivity index (χ2n) is 2.51. The van der Waals surface area contributed by atoms with E-state index < -0.39 is 0 Å². The first-order chi connectivity index (χ1) is 3.93. The Morgan fingerprint density at radius 2 is 2.38 bits per heavy atom. The predicted octanol–water partition coefficient (Wildman–Crippen LogP) is 1.58. The SMILES string of the molecule is C[SiH2]C1[CH]CC[CH]C1. The van der Waals surface area contributed by atoms with Gasteiger partial charge in [-0.25, -0.2) is 0 Å². The van der Waals surface area contributed by atoms with Gasteiger partial charge in [0.25, 0.3) is 0 Å². The van der Waals surface area contributed by atoms with Crippen LogP contribution in [0.1, 0.15) is 19.3 Å². The van der Waals surface area contributed by atoms with Crippen molar-refractivity contribution in [2.45, 2.75) is 31.4 Å². The molecule has 0 spiro atoms. The first kappa shape index (κ1) is 6.34. The third-order valence-electron chi connectivity index (χ3n) is 1.86. The molecule has 1 heteroatoms. The van der Waals surface area contributed by atoms with Crippen molar-refractivity contribution in [3.05, 3.63) is 12.8 Å². The highest BCUT2D eigenvalue weighted by atomic mass is 28.2. The lowest BCUT2D eigenvalue weighted by atomic mass is 10.0. The summed E-state index contributed by atoms with van der Waals surface area (Å²) in [6, 6.07) is 0. The van der Waals surface area contributed by atoms with E-state index >= 15 is 0 Å². The predicted molar refractivity (Wildman–Crippen MR) is 40.6 cm³/mol. The first-order valence-electron chi connectivity index (χ1n) is 3.58. The molecule has 0 nitrogen and oxygen atoms in total. The molecule has 0 saturated heterocycles. The van der Waals surface area contributed by atoms with Gasteiger partial charge in [-0.1, -0.05) is 6.55 Å². The number of hydrogen-bond acceptors (Lipinski definition) is 0. The van der Waals surface area contributed by atoms with Crippen LogP contribution in [0.3, 0.4) is 0 Å². The van der Waals surface area contributed by atoms with Gasteiger partial charge in [-0.05, 0) is 37.6 Å². The fourth-order valence-electron chi connectivity index (χ4n) is 1.21. The van der Waals surface area contributed by atoms with E-state index in [2.05, 4.69) is 19.4 Å². The van der Waals surface area contributed by atoms with E-state index in [0.717, 1.165) is 5.54 Å². The molecule has 0 aliphatic heterocycles. The Morgan fingerprint density at radius 1 is 1.50 bits per heavy atom. The molecular formula is C7H14Si. The quantitative estimate of drug-likeness (QED) is 0.468. The molecule has 1 rings (SSSR count). The van der Waals surface area contributed by atoms with Gasteiger partial charge in [-0.2, -0.15) is 0 Å². The molecule has 0 heterocycles. The van der Waals surface area contributed by atoms with Crippen molar-refractivity contribution < 1.29 is 0 Å². The standard InChI is InChI=1S/C7H14Si/c1-8-7-5-3-2-4-6-7/h3,6-7H,2,4-5,8H2,1H3. The van der Waals surface area contributed by atoms with Gasteiger partial charge >= 0.3 is 0 Å². The molecule has 1 atom stereocenters. The van der Waals surface area contributed by atoms with Gasteiger partial charge < -0.3 is 0 Å². The van der Waals surface area contributed by atoms with Gasteiger partial charge in [-0.3, -0.25) is 0 Å². The molecule has 0 N–H and O–H groups in total. The lowest BCUT2D eigenvalue weighted by molar-refractivity contribution is 0.708. The Hall–Kier alpha value is 0.217. The molecular weight excluding hydrogens is 112 g/mol. The second-order valence-corrected chi connectivity index (χ2v) is 4.37. The molecule has 1 aliphatic rings. The lowest BCUT2D eigenvalue weighted by Gasteiger charge is -2.18. The van der Waals surface area contributed by atoms with E-state index in [1.54, 1.807) is 0 Å². The van der Waals surface area contributed by atoms with Crippen molar-refractivity contribution in [3.8, 4) is 0 Å². The molecule has 0 aromatic rings. The lowest BCUT2D eigenvalue weighted by Crippen LogP contribution is -2.05. The summed E-state index contributed by atoms with van der Waals surface area (Å²) in [5, 5.41) is 0. The third kappa shape index (κ3) is 1.62. The fraction of sp³-hybridized carbons (Fsp3) is 0.714. The topological polar surface area (TPSA) is 0 Å². The molecule has 46 valence electrons. The van der Waals surface area contributed by atoms with E-state index in [1.807, 2.05) is 0 Å². The molecule has 1 aliphatic carbocycles. The molecule has 0 aromatic heterocycles. The van der Waals surface area contributed by atoms with Crippen molar-refractivity contribution in [2.24, 2.45) is 0 Å². The fourth-order valence-corrected chi connectivity index (χ4v) is 2.35. The maximum absolute atomic E-state index is 2.52. The summed E-state index contributed by atoms with van der Waals surface area (Å²) in [7, 11) is 0.281. The van der Waals surface area contributed by atoms with Gasteiger partial charge in [0.05, 0.1) is 0 Å². The van der Waals surface area contributed by atoms with Gasteiger partial charge in [0.2, 0.25) is 0 Å². The van der Waals surface area contributed by atoms with Gasteiger partial charge in [0.1, 0.15) is 0 Å². The van der Waals surface area contributed by atoms with E-state index in [4.69, 9.17) is 0 Å². The van der Waals surface area contributed by atoms with Crippen molar-refractivity contribution in [3.63, 3.8) is 0 Å². The van der Waals surface area contributed by atoms with Gasteiger partial charge in [0.15, 0.2) is 0 Å². The van der Waals surface area contributed by atoms with Crippen molar-refractivity contribution in [2.75, 3.05) is 0 Å². The summed E-state index contributed by atoms with van der Waals surface area (Å²) in [5.74, 6) is 0. The van der Waals surface area contributed by atoms with E-state index in [0.29, 0.717) is 0 Å². The van der Waals surface area contributed by atoms with E-state index in [1.165, 1.54) is 19.3 Å². The zero-order chi connectivity index (χ0) is 5.82. The van der Waals surface area contributed by atoms with Crippen LogP contribution in [0.4, 0.5) is 0 Å². The Morgan fingerprint density at radius 3 is 2.75 bits per heavy atom. The maximum Gasteiger partial charge on any atom is 0.0205 e. The Balaban J connectivity index is 2.13. The summed E-state index contributed by atoms with van der Waals surface area (Å²) >= 11 is 0. The van der Waals surface area contributed by atoms with Crippen LogP contribution in [0.15, 0.2) is 0 Å². The average molecular weight is 126 g/mol. The third-order valence-corrected chi connectivity index (χ3v) is 3.58. The van der Waals surface area contributed by atoms with Crippen LogP contribution in [-0.4, -0.2) is 9.52 Å². The van der Waals surface area contributed by atoms with Crippen LogP contribution in [0.5, 0.6) is 0 Å². The molecule has 8 heavy (non-hydrogen) atoms.